The maximum absolute atomic E-state index is 3.55. The highest BCUT2D eigenvalue weighted by Crippen LogP contribution is 2.37. The van der Waals surface area contributed by atoms with Gasteiger partial charge in [-0.05, 0) is 49.3 Å². The molecule has 1 aliphatic carbocycles. The van der Waals surface area contributed by atoms with E-state index < -0.39 is 0 Å². The van der Waals surface area contributed by atoms with Crippen LogP contribution in [0.25, 0.3) is 0 Å². The average molecular weight is 231 g/mol. The number of fused-ring (bicyclic) bond motifs is 1. The Morgan fingerprint density at radius 1 is 1.35 bits per heavy atom. The third-order valence-electron chi connectivity index (χ3n) is 4.39. The molecule has 2 rings (SSSR count). The summed E-state index contributed by atoms with van der Waals surface area (Å²) >= 11 is 0. The molecule has 0 amide bonds. The Morgan fingerprint density at radius 2 is 2.12 bits per heavy atom. The van der Waals surface area contributed by atoms with Gasteiger partial charge in [-0.2, -0.15) is 0 Å². The standard InChI is InChI=1S/C16H25N/c1-4-12(2)11-16(17-3)15-10-9-13-7-5-6-8-14(13)15/h5-8,12,15-17H,4,9-11H2,1-3H3. The minimum atomic E-state index is 0.647. The Labute approximate surface area is 106 Å². The predicted octanol–water partition coefficient (Wildman–Crippen LogP) is 3.74. The molecule has 1 aromatic carbocycles. The third kappa shape index (κ3) is 2.71. The van der Waals surface area contributed by atoms with E-state index in [1.54, 1.807) is 11.1 Å². The molecular formula is C16H25N. The Kier molecular flexibility index (Phi) is 4.22. The molecule has 1 nitrogen and oxygen atoms in total. The second-order valence-electron chi connectivity index (χ2n) is 5.49. The lowest BCUT2D eigenvalue weighted by Gasteiger charge is -2.26. The van der Waals surface area contributed by atoms with E-state index in [0.29, 0.717) is 6.04 Å². The zero-order valence-electron chi connectivity index (χ0n) is 11.4. The fourth-order valence-corrected chi connectivity index (χ4v) is 3.09. The van der Waals surface area contributed by atoms with E-state index in [0.717, 1.165) is 11.8 Å². The topological polar surface area (TPSA) is 12.0 Å². The Bertz CT molecular complexity index is 358. The van der Waals surface area contributed by atoms with Crippen molar-refractivity contribution >= 4 is 0 Å². The van der Waals surface area contributed by atoms with Gasteiger partial charge in [0.15, 0.2) is 0 Å². The van der Waals surface area contributed by atoms with E-state index in [-0.39, 0.29) is 0 Å². The Morgan fingerprint density at radius 3 is 2.82 bits per heavy atom. The third-order valence-corrected chi connectivity index (χ3v) is 4.39. The molecule has 1 aliphatic rings. The summed E-state index contributed by atoms with van der Waals surface area (Å²) in [7, 11) is 2.12. The molecule has 0 saturated heterocycles. The molecule has 0 fully saturated rings. The van der Waals surface area contributed by atoms with Crippen molar-refractivity contribution in [2.75, 3.05) is 7.05 Å². The van der Waals surface area contributed by atoms with Crippen molar-refractivity contribution in [3.8, 4) is 0 Å². The van der Waals surface area contributed by atoms with Gasteiger partial charge in [0.05, 0.1) is 0 Å². The quantitative estimate of drug-likeness (QED) is 0.814. The minimum Gasteiger partial charge on any atom is -0.316 e. The zero-order valence-corrected chi connectivity index (χ0v) is 11.4. The molecule has 1 N–H and O–H groups in total. The summed E-state index contributed by atoms with van der Waals surface area (Å²) in [6.07, 6.45) is 5.17. The largest absolute Gasteiger partial charge is 0.316 e. The summed E-state index contributed by atoms with van der Waals surface area (Å²) in [5.74, 6) is 1.55. The normalized spacial score (nSPS) is 22.2. The minimum absolute atomic E-state index is 0.647. The van der Waals surface area contributed by atoms with Gasteiger partial charge in [-0.15, -0.1) is 0 Å². The monoisotopic (exact) mass is 231 g/mol. The average Bonchev–Trinajstić information content (AvgIpc) is 2.79. The van der Waals surface area contributed by atoms with Crippen molar-refractivity contribution < 1.29 is 0 Å². The molecule has 0 heterocycles. The first-order valence-electron chi connectivity index (χ1n) is 7.01. The van der Waals surface area contributed by atoms with Crippen LogP contribution >= 0.6 is 0 Å². The van der Waals surface area contributed by atoms with Gasteiger partial charge in [-0.3, -0.25) is 0 Å². The van der Waals surface area contributed by atoms with Gasteiger partial charge in [-0.25, -0.2) is 0 Å². The number of rotatable bonds is 5. The van der Waals surface area contributed by atoms with Crippen LogP contribution in [0.15, 0.2) is 24.3 Å². The van der Waals surface area contributed by atoms with E-state index in [1.807, 2.05) is 0 Å². The van der Waals surface area contributed by atoms with Crippen molar-refractivity contribution in [1.29, 1.82) is 0 Å². The summed E-state index contributed by atoms with van der Waals surface area (Å²) < 4.78 is 0. The lowest BCUT2D eigenvalue weighted by Crippen LogP contribution is -2.32. The maximum atomic E-state index is 3.55. The number of aryl methyl sites for hydroxylation is 1. The first-order chi connectivity index (χ1) is 8.26. The van der Waals surface area contributed by atoms with Crippen molar-refractivity contribution in [1.82, 2.24) is 5.32 Å². The molecule has 0 aliphatic heterocycles. The van der Waals surface area contributed by atoms with Crippen molar-refractivity contribution in [3.05, 3.63) is 35.4 Å². The van der Waals surface area contributed by atoms with E-state index in [2.05, 4.69) is 50.5 Å². The molecule has 3 unspecified atom stereocenters. The smallest absolute Gasteiger partial charge is 0.0135 e. The molecule has 1 aromatic rings. The van der Waals surface area contributed by atoms with Crippen molar-refractivity contribution in [2.24, 2.45) is 5.92 Å². The maximum Gasteiger partial charge on any atom is 0.0135 e. The van der Waals surface area contributed by atoms with Gasteiger partial charge in [0.1, 0.15) is 0 Å². The van der Waals surface area contributed by atoms with Crippen LogP contribution in [0.3, 0.4) is 0 Å². The lowest BCUT2D eigenvalue weighted by molar-refractivity contribution is 0.362. The highest BCUT2D eigenvalue weighted by Gasteiger charge is 2.29. The highest BCUT2D eigenvalue weighted by molar-refractivity contribution is 5.36. The van der Waals surface area contributed by atoms with Crippen molar-refractivity contribution in [3.63, 3.8) is 0 Å². The molecule has 3 atom stereocenters. The summed E-state index contributed by atoms with van der Waals surface area (Å²) in [5, 5.41) is 3.55. The van der Waals surface area contributed by atoms with E-state index >= 15 is 0 Å². The molecule has 0 aromatic heterocycles. The molecule has 0 radical (unpaired) electrons. The molecular weight excluding hydrogens is 206 g/mol. The molecule has 1 heteroatoms. The van der Waals surface area contributed by atoms with Crippen LogP contribution in [-0.4, -0.2) is 13.1 Å². The molecule has 0 bridgehead atoms. The van der Waals surface area contributed by atoms with Crippen LogP contribution in [0.2, 0.25) is 0 Å². The number of hydrogen-bond acceptors (Lipinski definition) is 1. The summed E-state index contributed by atoms with van der Waals surface area (Å²) in [6.45, 7) is 4.66. The van der Waals surface area contributed by atoms with E-state index in [9.17, 15) is 0 Å². The number of benzene rings is 1. The first-order valence-corrected chi connectivity index (χ1v) is 7.01. The van der Waals surface area contributed by atoms with Crippen LogP contribution in [-0.2, 0) is 6.42 Å². The van der Waals surface area contributed by atoms with Crippen LogP contribution < -0.4 is 5.32 Å². The zero-order chi connectivity index (χ0) is 12.3. The van der Waals surface area contributed by atoms with E-state index in [1.165, 1.54) is 25.7 Å². The number of likely N-dealkylation sites (N-methyl/N-ethyl adjacent to an activating group) is 1. The fraction of sp³-hybridized carbons (Fsp3) is 0.625. The molecule has 0 saturated carbocycles. The predicted molar refractivity (Wildman–Crippen MR) is 74.4 cm³/mol. The summed E-state index contributed by atoms with van der Waals surface area (Å²) in [4.78, 5) is 0. The second-order valence-corrected chi connectivity index (χ2v) is 5.49. The van der Waals surface area contributed by atoms with Gasteiger partial charge < -0.3 is 5.32 Å². The highest BCUT2D eigenvalue weighted by atomic mass is 14.9. The number of hydrogen-bond donors (Lipinski definition) is 1. The van der Waals surface area contributed by atoms with Crippen molar-refractivity contribution in [2.45, 2.75) is 51.5 Å². The van der Waals surface area contributed by atoms with Crippen LogP contribution in [0.4, 0.5) is 0 Å². The fourth-order valence-electron chi connectivity index (χ4n) is 3.09. The van der Waals surface area contributed by atoms with Gasteiger partial charge in [0.25, 0.3) is 0 Å². The van der Waals surface area contributed by atoms with Gasteiger partial charge in [-0.1, -0.05) is 44.5 Å². The van der Waals surface area contributed by atoms with Gasteiger partial charge in [0, 0.05) is 6.04 Å². The Hall–Kier alpha value is -0.820. The van der Waals surface area contributed by atoms with Crippen LogP contribution in [0.5, 0.6) is 0 Å². The lowest BCUT2D eigenvalue weighted by atomic mass is 9.86. The SMILES string of the molecule is CCC(C)CC(NC)C1CCc2ccccc21. The van der Waals surface area contributed by atoms with Gasteiger partial charge >= 0.3 is 0 Å². The van der Waals surface area contributed by atoms with Crippen LogP contribution in [0, 0.1) is 5.92 Å². The second kappa shape index (κ2) is 5.68. The van der Waals surface area contributed by atoms with Crippen LogP contribution in [0.1, 0.15) is 50.2 Å². The summed E-state index contributed by atoms with van der Waals surface area (Å²) in [6, 6.07) is 9.63. The first kappa shape index (κ1) is 12.6. The molecule has 0 spiro atoms. The molecule has 94 valence electrons. The molecule has 17 heavy (non-hydrogen) atoms. The van der Waals surface area contributed by atoms with Gasteiger partial charge in [0.2, 0.25) is 0 Å². The number of nitrogens with one attached hydrogen (secondary N) is 1. The Balaban J connectivity index is 2.12. The summed E-state index contributed by atoms with van der Waals surface area (Å²) in [5.41, 5.74) is 3.16. The van der Waals surface area contributed by atoms with E-state index in [4.69, 9.17) is 0 Å².